The summed E-state index contributed by atoms with van der Waals surface area (Å²) < 4.78 is 0. The second-order valence-corrected chi connectivity index (χ2v) is 10.0. The summed E-state index contributed by atoms with van der Waals surface area (Å²) in [4.78, 5) is 0. The molecule has 0 amide bonds. The van der Waals surface area contributed by atoms with Crippen LogP contribution in [0, 0.1) is 41.5 Å². The lowest BCUT2D eigenvalue weighted by molar-refractivity contribution is 0.480. The molecule has 0 aliphatic carbocycles. The molecule has 2 heteroatoms. The maximum atomic E-state index is 4.04. The summed E-state index contributed by atoms with van der Waals surface area (Å²) >= 11 is 0. The van der Waals surface area contributed by atoms with E-state index in [1.54, 1.807) is 0 Å². The predicted octanol–water partition coefficient (Wildman–Crippen LogP) is 8.96. The highest BCUT2D eigenvalue weighted by Gasteiger charge is 2.23. The van der Waals surface area contributed by atoms with Crippen LogP contribution in [0.1, 0.15) is 98.6 Å². The first-order valence-corrected chi connectivity index (χ1v) is 13.0. The Kier molecular flexibility index (Phi) is 10.6. The van der Waals surface area contributed by atoms with Crippen molar-refractivity contribution in [3.05, 3.63) is 57.6 Å². The van der Waals surface area contributed by atoms with Crippen molar-refractivity contribution in [2.75, 3.05) is 10.6 Å². The van der Waals surface area contributed by atoms with Crippen molar-refractivity contribution in [2.24, 2.45) is 0 Å². The molecule has 2 rings (SSSR count). The van der Waals surface area contributed by atoms with Crippen LogP contribution in [-0.4, -0.2) is 12.1 Å². The molecular weight excluding hydrogens is 388 g/mol. The summed E-state index contributed by atoms with van der Waals surface area (Å²) in [6, 6.07) is 10.1. The average molecular weight is 437 g/mol. The van der Waals surface area contributed by atoms with E-state index in [9.17, 15) is 0 Å². The van der Waals surface area contributed by atoms with Crippen LogP contribution in [0.4, 0.5) is 11.4 Å². The molecule has 2 aromatic rings. The van der Waals surface area contributed by atoms with Crippen molar-refractivity contribution in [3.63, 3.8) is 0 Å². The summed E-state index contributed by atoms with van der Waals surface area (Å²) in [7, 11) is 0. The van der Waals surface area contributed by atoms with Crippen LogP contribution >= 0.6 is 0 Å². The van der Waals surface area contributed by atoms with Gasteiger partial charge in [-0.2, -0.15) is 0 Å². The standard InChI is InChI=1S/C30H48N2/c1-9-11-13-14-16-28(32-30-25(7)19-22(4)20-26(30)8)27(15-12-10-2)31-29-23(5)17-21(3)18-24(29)6/h17-20,27-28,31-32H,9-16H2,1-8H3. The van der Waals surface area contributed by atoms with Gasteiger partial charge in [-0.05, 0) is 76.6 Å². The molecule has 0 bridgehead atoms. The summed E-state index contributed by atoms with van der Waals surface area (Å²) in [5, 5.41) is 8.06. The molecule has 0 aromatic heterocycles. The molecule has 2 atom stereocenters. The van der Waals surface area contributed by atoms with Gasteiger partial charge in [0.05, 0.1) is 0 Å². The van der Waals surface area contributed by atoms with Gasteiger partial charge in [0.15, 0.2) is 0 Å². The van der Waals surface area contributed by atoms with Crippen LogP contribution < -0.4 is 10.6 Å². The van der Waals surface area contributed by atoms with E-state index < -0.39 is 0 Å². The van der Waals surface area contributed by atoms with Crippen LogP contribution in [-0.2, 0) is 0 Å². The lowest BCUT2D eigenvalue weighted by atomic mass is 9.93. The van der Waals surface area contributed by atoms with Gasteiger partial charge in [-0.1, -0.05) is 87.8 Å². The number of unbranched alkanes of at least 4 members (excludes halogenated alkanes) is 4. The van der Waals surface area contributed by atoms with Gasteiger partial charge in [-0.3, -0.25) is 0 Å². The largest absolute Gasteiger partial charge is 0.380 e. The van der Waals surface area contributed by atoms with E-state index in [2.05, 4.69) is 90.3 Å². The third-order valence-electron chi connectivity index (χ3n) is 6.74. The smallest absolute Gasteiger partial charge is 0.0462 e. The Morgan fingerprint density at radius 2 is 0.906 bits per heavy atom. The molecule has 0 heterocycles. The van der Waals surface area contributed by atoms with Crippen LogP contribution in [0.2, 0.25) is 0 Å². The summed E-state index contributed by atoms with van der Waals surface area (Å²) in [5.41, 5.74) is 10.8. The quantitative estimate of drug-likeness (QED) is 0.306. The second kappa shape index (κ2) is 12.9. The molecular formula is C30H48N2. The minimum Gasteiger partial charge on any atom is -0.380 e. The van der Waals surface area contributed by atoms with E-state index in [-0.39, 0.29) is 0 Å². The van der Waals surface area contributed by atoms with Crippen LogP contribution in [0.5, 0.6) is 0 Å². The first-order valence-electron chi connectivity index (χ1n) is 13.0. The number of hydrogen-bond acceptors (Lipinski definition) is 2. The molecule has 0 fully saturated rings. The van der Waals surface area contributed by atoms with Gasteiger partial charge in [0.25, 0.3) is 0 Å². The Bertz CT molecular complexity index is 806. The van der Waals surface area contributed by atoms with Crippen LogP contribution in [0.15, 0.2) is 24.3 Å². The van der Waals surface area contributed by atoms with Crippen molar-refractivity contribution < 1.29 is 0 Å². The first-order chi connectivity index (χ1) is 15.3. The minimum absolute atomic E-state index is 0.414. The molecule has 0 saturated carbocycles. The third-order valence-corrected chi connectivity index (χ3v) is 6.74. The summed E-state index contributed by atoms with van der Waals surface area (Å²) in [6.45, 7) is 18.0. The zero-order valence-electron chi connectivity index (χ0n) is 22.1. The van der Waals surface area contributed by atoms with Gasteiger partial charge in [-0.25, -0.2) is 0 Å². The SMILES string of the molecule is CCCCCCC(Nc1c(C)cc(C)cc1C)C(CCCC)Nc1c(C)cc(C)cc1C. The maximum Gasteiger partial charge on any atom is 0.0462 e. The fourth-order valence-corrected chi connectivity index (χ4v) is 5.15. The first kappa shape index (κ1) is 26.3. The molecule has 32 heavy (non-hydrogen) atoms. The summed E-state index contributed by atoms with van der Waals surface area (Å²) in [6.07, 6.45) is 10.1. The Balaban J connectivity index is 2.36. The molecule has 0 aliphatic heterocycles. The van der Waals surface area contributed by atoms with E-state index in [1.165, 1.54) is 96.1 Å². The molecule has 0 saturated heterocycles. The zero-order valence-corrected chi connectivity index (χ0v) is 22.1. The third kappa shape index (κ3) is 7.57. The van der Waals surface area contributed by atoms with Crippen molar-refractivity contribution >= 4 is 11.4 Å². The highest BCUT2D eigenvalue weighted by Crippen LogP contribution is 2.29. The fourth-order valence-electron chi connectivity index (χ4n) is 5.15. The van der Waals surface area contributed by atoms with Crippen molar-refractivity contribution in [1.29, 1.82) is 0 Å². The van der Waals surface area contributed by atoms with Gasteiger partial charge in [0.1, 0.15) is 0 Å². The lowest BCUT2D eigenvalue weighted by Gasteiger charge is -2.33. The van der Waals surface area contributed by atoms with Gasteiger partial charge >= 0.3 is 0 Å². The molecule has 0 radical (unpaired) electrons. The summed E-state index contributed by atoms with van der Waals surface area (Å²) in [5.74, 6) is 0. The van der Waals surface area contributed by atoms with Gasteiger partial charge in [0, 0.05) is 23.5 Å². The highest BCUT2D eigenvalue weighted by molar-refractivity contribution is 5.61. The number of benzene rings is 2. The average Bonchev–Trinajstić information content (AvgIpc) is 2.71. The number of aryl methyl sites for hydroxylation is 6. The van der Waals surface area contributed by atoms with Crippen molar-refractivity contribution in [1.82, 2.24) is 0 Å². The maximum absolute atomic E-state index is 4.04. The number of rotatable bonds is 13. The molecule has 0 spiro atoms. The topological polar surface area (TPSA) is 24.1 Å². The van der Waals surface area contributed by atoms with Gasteiger partial charge < -0.3 is 10.6 Å². The molecule has 178 valence electrons. The monoisotopic (exact) mass is 436 g/mol. The molecule has 2 aromatic carbocycles. The predicted molar refractivity (Wildman–Crippen MR) is 144 cm³/mol. The van der Waals surface area contributed by atoms with E-state index in [0.717, 1.165) is 0 Å². The second-order valence-electron chi connectivity index (χ2n) is 10.0. The lowest BCUT2D eigenvalue weighted by Crippen LogP contribution is -2.40. The van der Waals surface area contributed by atoms with Crippen LogP contribution in [0.25, 0.3) is 0 Å². The van der Waals surface area contributed by atoms with E-state index in [0.29, 0.717) is 12.1 Å². The van der Waals surface area contributed by atoms with E-state index >= 15 is 0 Å². The normalized spacial score (nSPS) is 13.1. The Hall–Kier alpha value is -1.96. The fraction of sp³-hybridized carbons (Fsp3) is 0.600. The van der Waals surface area contributed by atoms with Crippen molar-refractivity contribution in [2.45, 2.75) is 119 Å². The van der Waals surface area contributed by atoms with Crippen molar-refractivity contribution in [3.8, 4) is 0 Å². The molecule has 2 nitrogen and oxygen atoms in total. The van der Waals surface area contributed by atoms with E-state index in [4.69, 9.17) is 0 Å². The van der Waals surface area contributed by atoms with Gasteiger partial charge in [-0.15, -0.1) is 0 Å². The Morgan fingerprint density at radius 3 is 1.28 bits per heavy atom. The number of anilines is 2. The van der Waals surface area contributed by atoms with Gasteiger partial charge in [0.2, 0.25) is 0 Å². The highest BCUT2D eigenvalue weighted by atomic mass is 15.0. The molecule has 0 aliphatic rings. The number of nitrogens with one attached hydrogen (secondary N) is 2. The zero-order chi connectivity index (χ0) is 23.7. The van der Waals surface area contributed by atoms with E-state index in [1.807, 2.05) is 0 Å². The van der Waals surface area contributed by atoms with Crippen LogP contribution in [0.3, 0.4) is 0 Å². The molecule has 2 unspecified atom stereocenters. The molecule has 2 N–H and O–H groups in total. The Labute approximate surface area is 198 Å². The Morgan fingerprint density at radius 1 is 0.531 bits per heavy atom. The number of hydrogen-bond donors (Lipinski definition) is 2. The minimum atomic E-state index is 0.414.